The SMILES string of the molecule is NC1C=C(c2ccccc2)C=CC1(F)N1CCNCC1. The Kier molecular flexibility index (Phi) is 3.70. The van der Waals surface area contributed by atoms with Crippen LogP contribution in [0.5, 0.6) is 0 Å². The van der Waals surface area contributed by atoms with E-state index in [0.29, 0.717) is 13.1 Å². The second-order valence-electron chi connectivity index (χ2n) is 5.31. The Morgan fingerprint density at radius 1 is 1.20 bits per heavy atom. The van der Waals surface area contributed by atoms with Gasteiger partial charge in [0.1, 0.15) is 0 Å². The van der Waals surface area contributed by atoms with Crippen LogP contribution in [-0.4, -0.2) is 42.9 Å². The fourth-order valence-corrected chi connectivity index (χ4v) is 2.83. The number of hydrogen-bond donors (Lipinski definition) is 2. The predicted molar refractivity (Wildman–Crippen MR) is 79.8 cm³/mol. The smallest absolute Gasteiger partial charge is 0.202 e. The number of halogens is 1. The van der Waals surface area contributed by atoms with Crippen LogP contribution in [0.15, 0.2) is 48.6 Å². The lowest BCUT2D eigenvalue weighted by Gasteiger charge is -2.42. The van der Waals surface area contributed by atoms with Crippen LogP contribution in [0.3, 0.4) is 0 Å². The van der Waals surface area contributed by atoms with Gasteiger partial charge in [-0.1, -0.05) is 42.5 Å². The summed E-state index contributed by atoms with van der Waals surface area (Å²) in [5.74, 6) is -1.57. The molecule has 2 unspecified atom stereocenters. The molecule has 0 amide bonds. The maximum absolute atomic E-state index is 15.2. The standard InChI is InChI=1S/C16H20FN3/c17-16(20-10-8-19-9-11-20)7-6-14(12-15(16)18)13-4-2-1-3-5-13/h1-7,12,15,19H,8-11,18H2. The van der Waals surface area contributed by atoms with Crippen LogP contribution in [0, 0.1) is 0 Å². The summed E-state index contributed by atoms with van der Waals surface area (Å²) in [5, 5.41) is 3.23. The van der Waals surface area contributed by atoms with Crippen LogP contribution in [0.25, 0.3) is 5.57 Å². The van der Waals surface area contributed by atoms with Crippen molar-refractivity contribution in [2.75, 3.05) is 26.2 Å². The number of nitrogens with two attached hydrogens (primary N) is 1. The average molecular weight is 273 g/mol. The van der Waals surface area contributed by atoms with E-state index in [1.807, 2.05) is 47.4 Å². The molecule has 3 N–H and O–H groups in total. The summed E-state index contributed by atoms with van der Waals surface area (Å²) >= 11 is 0. The van der Waals surface area contributed by atoms with Crippen molar-refractivity contribution in [3.63, 3.8) is 0 Å². The first-order valence-electron chi connectivity index (χ1n) is 7.07. The van der Waals surface area contributed by atoms with Gasteiger partial charge in [0, 0.05) is 26.2 Å². The summed E-state index contributed by atoms with van der Waals surface area (Å²) in [6.07, 6.45) is 5.30. The second-order valence-corrected chi connectivity index (χ2v) is 5.31. The van der Waals surface area contributed by atoms with Gasteiger partial charge in [-0.3, -0.25) is 4.90 Å². The van der Waals surface area contributed by atoms with E-state index in [1.54, 1.807) is 6.08 Å². The molecule has 106 valence electrons. The highest BCUT2D eigenvalue weighted by Crippen LogP contribution is 2.31. The van der Waals surface area contributed by atoms with Gasteiger partial charge in [-0.2, -0.15) is 0 Å². The van der Waals surface area contributed by atoms with E-state index >= 15 is 4.39 Å². The van der Waals surface area contributed by atoms with Crippen LogP contribution in [0.1, 0.15) is 5.56 Å². The van der Waals surface area contributed by atoms with E-state index in [9.17, 15) is 0 Å². The van der Waals surface area contributed by atoms with Crippen molar-refractivity contribution in [2.24, 2.45) is 5.73 Å². The highest BCUT2D eigenvalue weighted by atomic mass is 19.1. The minimum absolute atomic E-state index is 0.638. The molecule has 4 heteroatoms. The van der Waals surface area contributed by atoms with Crippen molar-refractivity contribution in [3.8, 4) is 0 Å². The Bertz CT molecular complexity index is 520. The molecule has 1 aliphatic heterocycles. The van der Waals surface area contributed by atoms with Crippen LogP contribution < -0.4 is 11.1 Å². The van der Waals surface area contributed by atoms with E-state index in [1.165, 1.54) is 0 Å². The molecule has 0 saturated carbocycles. The molecule has 2 atom stereocenters. The summed E-state index contributed by atoms with van der Waals surface area (Å²) < 4.78 is 15.2. The monoisotopic (exact) mass is 273 g/mol. The molecular formula is C16H20FN3. The number of piperazine rings is 1. The van der Waals surface area contributed by atoms with Gasteiger partial charge < -0.3 is 11.1 Å². The lowest BCUT2D eigenvalue weighted by atomic mass is 9.91. The minimum atomic E-state index is -1.57. The zero-order valence-corrected chi connectivity index (χ0v) is 11.4. The van der Waals surface area contributed by atoms with Crippen molar-refractivity contribution in [1.29, 1.82) is 0 Å². The fraction of sp³-hybridized carbons (Fsp3) is 0.375. The highest BCUT2D eigenvalue weighted by Gasteiger charge is 2.41. The Hall–Kier alpha value is -1.49. The molecule has 3 nitrogen and oxygen atoms in total. The zero-order chi connectivity index (χ0) is 14.0. The summed E-state index contributed by atoms with van der Waals surface area (Å²) in [4.78, 5) is 1.82. The zero-order valence-electron chi connectivity index (χ0n) is 11.4. The van der Waals surface area contributed by atoms with E-state index in [0.717, 1.165) is 24.2 Å². The maximum Gasteiger partial charge on any atom is 0.202 e. The quantitative estimate of drug-likeness (QED) is 0.803. The number of hydrogen-bond acceptors (Lipinski definition) is 3. The van der Waals surface area contributed by atoms with Crippen molar-refractivity contribution < 1.29 is 4.39 Å². The van der Waals surface area contributed by atoms with Crippen LogP contribution in [0.2, 0.25) is 0 Å². The van der Waals surface area contributed by atoms with E-state index in [2.05, 4.69) is 5.32 Å². The molecule has 0 radical (unpaired) electrons. The van der Waals surface area contributed by atoms with E-state index in [-0.39, 0.29) is 0 Å². The van der Waals surface area contributed by atoms with Gasteiger partial charge in [-0.05, 0) is 17.2 Å². The molecule has 1 heterocycles. The first-order chi connectivity index (χ1) is 9.70. The molecular weight excluding hydrogens is 253 g/mol. The summed E-state index contributed by atoms with van der Waals surface area (Å²) in [6, 6.07) is 9.31. The third-order valence-corrected chi connectivity index (χ3v) is 4.03. The molecule has 2 aliphatic rings. The van der Waals surface area contributed by atoms with Gasteiger partial charge in [0.15, 0.2) is 0 Å². The predicted octanol–water partition coefficient (Wildman–Crippen LogP) is 1.54. The lowest BCUT2D eigenvalue weighted by molar-refractivity contribution is -0.0103. The molecule has 1 aromatic carbocycles. The average Bonchev–Trinajstić information content (AvgIpc) is 2.52. The van der Waals surface area contributed by atoms with Crippen LogP contribution in [0.4, 0.5) is 4.39 Å². The Morgan fingerprint density at radius 3 is 2.55 bits per heavy atom. The summed E-state index contributed by atoms with van der Waals surface area (Å²) in [6.45, 7) is 2.98. The van der Waals surface area contributed by atoms with Gasteiger partial charge in [0.2, 0.25) is 5.79 Å². The topological polar surface area (TPSA) is 41.3 Å². The number of benzene rings is 1. The van der Waals surface area contributed by atoms with Crippen molar-refractivity contribution in [1.82, 2.24) is 10.2 Å². The Labute approximate surface area is 119 Å². The molecule has 0 bridgehead atoms. The third kappa shape index (κ3) is 2.42. The van der Waals surface area contributed by atoms with Gasteiger partial charge in [-0.25, -0.2) is 4.39 Å². The fourth-order valence-electron chi connectivity index (χ4n) is 2.83. The minimum Gasteiger partial charge on any atom is -0.320 e. The van der Waals surface area contributed by atoms with E-state index in [4.69, 9.17) is 5.73 Å². The summed E-state index contributed by atoms with van der Waals surface area (Å²) in [7, 11) is 0. The first-order valence-corrected chi connectivity index (χ1v) is 7.07. The van der Waals surface area contributed by atoms with Crippen LogP contribution in [-0.2, 0) is 0 Å². The molecule has 1 fully saturated rings. The largest absolute Gasteiger partial charge is 0.320 e. The number of rotatable bonds is 2. The molecule has 0 spiro atoms. The number of allylic oxidation sites excluding steroid dienone is 2. The van der Waals surface area contributed by atoms with Gasteiger partial charge >= 0.3 is 0 Å². The third-order valence-electron chi connectivity index (χ3n) is 4.03. The van der Waals surface area contributed by atoms with Gasteiger partial charge in [0.05, 0.1) is 6.04 Å². The van der Waals surface area contributed by atoms with Crippen molar-refractivity contribution >= 4 is 5.57 Å². The molecule has 20 heavy (non-hydrogen) atoms. The lowest BCUT2D eigenvalue weighted by Crippen LogP contribution is -2.60. The Morgan fingerprint density at radius 2 is 1.90 bits per heavy atom. The maximum atomic E-state index is 15.2. The number of nitrogens with zero attached hydrogens (tertiary/aromatic N) is 1. The second kappa shape index (κ2) is 5.48. The number of alkyl halides is 1. The molecule has 1 aromatic rings. The van der Waals surface area contributed by atoms with Gasteiger partial charge in [-0.15, -0.1) is 0 Å². The number of nitrogens with one attached hydrogen (secondary N) is 1. The molecule has 0 aromatic heterocycles. The first kappa shape index (κ1) is 13.5. The van der Waals surface area contributed by atoms with E-state index < -0.39 is 11.8 Å². The van der Waals surface area contributed by atoms with Crippen LogP contribution >= 0.6 is 0 Å². The molecule has 1 saturated heterocycles. The normalized spacial score (nSPS) is 31.1. The molecule has 3 rings (SSSR count). The van der Waals surface area contributed by atoms with Gasteiger partial charge in [0.25, 0.3) is 0 Å². The Balaban J connectivity index is 1.83. The van der Waals surface area contributed by atoms with Crippen molar-refractivity contribution in [3.05, 3.63) is 54.1 Å². The highest BCUT2D eigenvalue weighted by molar-refractivity contribution is 5.76. The molecule has 1 aliphatic carbocycles. The summed E-state index contributed by atoms with van der Waals surface area (Å²) in [5.41, 5.74) is 8.17. The van der Waals surface area contributed by atoms with Crippen molar-refractivity contribution in [2.45, 2.75) is 11.8 Å².